The molecule has 4 unspecified atom stereocenters. The van der Waals surface area contributed by atoms with Gasteiger partial charge in [0.2, 0.25) is 11.8 Å². The minimum atomic E-state index is -0.222. The number of fused-ring (bicyclic) bond motifs is 2. The molecule has 2 saturated carbocycles. The van der Waals surface area contributed by atoms with Crippen molar-refractivity contribution in [3.05, 3.63) is 0 Å². The maximum Gasteiger partial charge on any atom is 0.225 e. The first kappa shape index (κ1) is 13.9. The van der Waals surface area contributed by atoms with Gasteiger partial charge in [0.15, 0.2) is 0 Å². The molecule has 0 aromatic carbocycles. The van der Waals surface area contributed by atoms with Crippen LogP contribution in [-0.4, -0.2) is 34.8 Å². The van der Waals surface area contributed by atoms with Gasteiger partial charge < -0.3 is 10.2 Å². The average Bonchev–Trinajstić information content (AvgIpc) is 2.99. The van der Waals surface area contributed by atoms with E-state index in [1.54, 1.807) is 0 Å². The predicted molar refractivity (Wildman–Crippen MR) is 77.0 cm³/mol. The number of likely N-dealkylation sites (tertiary alicyclic amines) is 1. The van der Waals surface area contributed by atoms with Crippen molar-refractivity contribution in [2.75, 3.05) is 6.54 Å². The number of nitrogens with one attached hydrogen (secondary N) is 1. The molecule has 0 spiro atoms. The highest BCUT2D eigenvalue weighted by atomic mass is 16.2. The maximum absolute atomic E-state index is 12.3. The molecule has 4 heteroatoms. The minimum absolute atomic E-state index is 0.0384. The van der Waals surface area contributed by atoms with E-state index in [9.17, 15) is 9.59 Å². The number of rotatable bonds is 2. The van der Waals surface area contributed by atoms with Crippen LogP contribution in [0.4, 0.5) is 0 Å². The van der Waals surface area contributed by atoms with E-state index in [1.165, 1.54) is 25.7 Å². The molecule has 3 rings (SSSR count). The van der Waals surface area contributed by atoms with Crippen LogP contribution in [0.3, 0.4) is 0 Å². The van der Waals surface area contributed by atoms with Gasteiger partial charge in [0.1, 0.15) is 0 Å². The van der Waals surface area contributed by atoms with Crippen LogP contribution in [0.5, 0.6) is 0 Å². The highest BCUT2D eigenvalue weighted by Gasteiger charge is 2.47. The molecule has 1 aliphatic heterocycles. The molecule has 20 heavy (non-hydrogen) atoms. The summed E-state index contributed by atoms with van der Waals surface area (Å²) in [5.74, 6) is 1.61. The second-order valence-electron chi connectivity index (χ2n) is 7.93. The van der Waals surface area contributed by atoms with Crippen molar-refractivity contribution in [2.45, 2.75) is 64.5 Å². The molecule has 4 nitrogen and oxygen atoms in total. The van der Waals surface area contributed by atoms with Gasteiger partial charge in [-0.1, -0.05) is 6.42 Å². The average molecular weight is 278 g/mol. The summed E-state index contributed by atoms with van der Waals surface area (Å²) in [6.45, 7) is 6.58. The molecule has 1 saturated heterocycles. The van der Waals surface area contributed by atoms with Crippen molar-refractivity contribution in [3.63, 3.8) is 0 Å². The summed E-state index contributed by atoms with van der Waals surface area (Å²) in [6, 6.07) is 0.425. The third-order valence-electron chi connectivity index (χ3n) is 5.13. The van der Waals surface area contributed by atoms with Crippen LogP contribution in [0.25, 0.3) is 0 Å². The Balaban J connectivity index is 1.62. The first-order chi connectivity index (χ1) is 9.33. The standard InChI is InChI=1S/C16H26N2O2/c1-16(2,3)17-15(20)12-8-14(19)18(9-12)13-7-10-4-5-11(13)6-10/h10-13H,4-9H2,1-3H3,(H,17,20). The first-order valence-electron chi connectivity index (χ1n) is 7.95. The molecule has 0 aromatic rings. The zero-order chi connectivity index (χ0) is 14.5. The Morgan fingerprint density at radius 1 is 1.25 bits per heavy atom. The van der Waals surface area contributed by atoms with E-state index in [0.29, 0.717) is 24.9 Å². The van der Waals surface area contributed by atoms with Crippen molar-refractivity contribution < 1.29 is 9.59 Å². The van der Waals surface area contributed by atoms with Gasteiger partial charge in [-0.3, -0.25) is 9.59 Å². The van der Waals surface area contributed by atoms with Crippen molar-refractivity contribution in [1.82, 2.24) is 10.2 Å². The Labute approximate surface area is 121 Å². The molecule has 3 fully saturated rings. The molecule has 2 amide bonds. The van der Waals surface area contributed by atoms with Gasteiger partial charge in [-0.05, 0) is 51.9 Å². The molecule has 112 valence electrons. The maximum atomic E-state index is 12.3. The highest BCUT2D eigenvalue weighted by molar-refractivity contribution is 5.89. The number of amides is 2. The molecule has 0 aromatic heterocycles. The summed E-state index contributed by atoms with van der Waals surface area (Å²) >= 11 is 0. The van der Waals surface area contributed by atoms with Crippen molar-refractivity contribution in [2.24, 2.45) is 17.8 Å². The number of hydrogen-bond donors (Lipinski definition) is 1. The van der Waals surface area contributed by atoms with E-state index >= 15 is 0 Å². The van der Waals surface area contributed by atoms with Gasteiger partial charge in [-0.2, -0.15) is 0 Å². The molecule has 1 N–H and O–H groups in total. The third kappa shape index (κ3) is 2.57. The summed E-state index contributed by atoms with van der Waals surface area (Å²) < 4.78 is 0. The van der Waals surface area contributed by atoms with E-state index in [1.807, 2.05) is 25.7 Å². The van der Waals surface area contributed by atoms with Gasteiger partial charge in [0.25, 0.3) is 0 Å². The molecule has 0 radical (unpaired) electrons. The number of hydrogen-bond acceptors (Lipinski definition) is 2. The fourth-order valence-corrected chi connectivity index (χ4v) is 4.29. The summed E-state index contributed by atoms with van der Waals surface area (Å²) in [5, 5.41) is 3.01. The quantitative estimate of drug-likeness (QED) is 0.839. The van der Waals surface area contributed by atoms with Gasteiger partial charge in [0, 0.05) is 24.5 Å². The van der Waals surface area contributed by atoms with Gasteiger partial charge in [0.05, 0.1) is 5.92 Å². The molecular formula is C16H26N2O2. The minimum Gasteiger partial charge on any atom is -0.351 e. The van der Waals surface area contributed by atoms with E-state index < -0.39 is 0 Å². The topological polar surface area (TPSA) is 49.4 Å². The monoisotopic (exact) mass is 278 g/mol. The lowest BCUT2D eigenvalue weighted by atomic mass is 9.94. The fourth-order valence-electron chi connectivity index (χ4n) is 4.29. The molecular weight excluding hydrogens is 252 g/mol. The second kappa shape index (κ2) is 4.74. The van der Waals surface area contributed by atoms with Crippen LogP contribution in [-0.2, 0) is 9.59 Å². The Kier molecular flexibility index (Phi) is 3.30. The zero-order valence-corrected chi connectivity index (χ0v) is 12.8. The van der Waals surface area contributed by atoms with Crippen LogP contribution in [0.2, 0.25) is 0 Å². The molecule has 2 aliphatic carbocycles. The number of carbonyl (C=O) groups excluding carboxylic acids is 2. The van der Waals surface area contributed by atoms with E-state index in [4.69, 9.17) is 0 Å². The van der Waals surface area contributed by atoms with Crippen molar-refractivity contribution in [1.29, 1.82) is 0 Å². The lowest BCUT2D eigenvalue weighted by Crippen LogP contribution is -2.45. The molecule has 4 atom stereocenters. The summed E-state index contributed by atoms with van der Waals surface area (Å²) in [5.41, 5.74) is -0.222. The Bertz CT molecular complexity index is 427. The predicted octanol–water partition coefficient (Wildman–Crippen LogP) is 1.94. The van der Waals surface area contributed by atoms with Crippen LogP contribution in [0.15, 0.2) is 0 Å². The zero-order valence-electron chi connectivity index (χ0n) is 12.8. The lowest BCUT2D eigenvalue weighted by Gasteiger charge is -2.31. The molecule has 1 heterocycles. The Hall–Kier alpha value is -1.06. The smallest absolute Gasteiger partial charge is 0.225 e. The van der Waals surface area contributed by atoms with E-state index in [0.717, 1.165) is 5.92 Å². The molecule has 3 aliphatic rings. The van der Waals surface area contributed by atoms with Gasteiger partial charge in [-0.25, -0.2) is 0 Å². The van der Waals surface area contributed by atoms with E-state index in [-0.39, 0.29) is 23.3 Å². The fraction of sp³-hybridized carbons (Fsp3) is 0.875. The highest BCUT2D eigenvalue weighted by Crippen LogP contribution is 2.47. The van der Waals surface area contributed by atoms with E-state index in [2.05, 4.69) is 5.32 Å². The van der Waals surface area contributed by atoms with Crippen molar-refractivity contribution >= 4 is 11.8 Å². The van der Waals surface area contributed by atoms with Crippen molar-refractivity contribution in [3.8, 4) is 0 Å². The Morgan fingerprint density at radius 2 is 2.00 bits per heavy atom. The number of carbonyl (C=O) groups is 2. The summed E-state index contributed by atoms with van der Waals surface area (Å²) in [7, 11) is 0. The van der Waals surface area contributed by atoms with Crippen LogP contribution in [0, 0.1) is 17.8 Å². The summed E-state index contributed by atoms with van der Waals surface area (Å²) in [4.78, 5) is 26.5. The SMILES string of the molecule is CC(C)(C)NC(=O)C1CC(=O)N(C2CC3CCC2C3)C1. The van der Waals surface area contributed by atoms with Gasteiger partial charge >= 0.3 is 0 Å². The van der Waals surface area contributed by atoms with Gasteiger partial charge in [-0.15, -0.1) is 0 Å². The normalized spacial score (nSPS) is 36.8. The second-order valence-corrected chi connectivity index (χ2v) is 7.93. The Morgan fingerprint density at radius 3 is 2.55 bits per heavy atom. The largest absolute Gasteiger partial charge is 0.351 e. The van der Waals surface area contributed by atoms with Crippen LogP contribution in [0.1, 0.15) is 52.9 Å². The summed E-state index contributed by atoms with van der Waals surface area (Å²) in [6.07, 6.45) is 5.49. The lowest BCUT2D eigenvalue weighted by molar-refractivity contribution is -0.131. The first-order valence-corrected chi connectivity index (χ1v) is 7.95. The number of nitrogens with zero attached hydrogens (tertiary/aromatic N) is 1. The van der Waals surface area contributed by atoms with Crippen LogP contribution >= 0.6 is 0 Å². The third-order valence-corrected chi connectivity index (χ3v) is 5.13. The molecule has 2 bridgehead atoms. The van der Waals surface area contributed by atoms with Crippen LogP contribution < -0.4 is 5.32 Å².